The van der Waals surface area contributed by atoms with E-state index >= 15 is 0 Å². The van der Waals surface area contributed by atoms with Gasteiger partial charge in [0.2, 0.25) is 0 Å². The molecule has 52 heavy (non-hydrogen) atoms. The third-order valence-electron chi connectivity index (χ3n) is 8.87. The van der Waals surface area contributed by atoms with Crippen LogP contribution in [0.5, 0.6) is 0 Å². The van der Waals surface area contributed by atoms with Crippen molar-refractivity contribution >= 4 is 44.8 Å². The number of allylic oxidation sites excluding steroid dienone is 6. The fourth-order valence-electron chi connectivity index (χ4n) is 6.25. The molecule has 6 nitrogen and oxygen atoms in total. The van der Waals surface area contributed by atoms with Crippen LogP contribution in [0.2, 0.25) is 0 Å². The minimum atomic E-state index is 0.121. The van der Waals surface area contributed by atoms with Gasteiger partial charge in [0.05, 0.1) is 0 Å². The summed E-state index contributed by atoms with van der Waals surface area (Å²) in [5, 5.41) is 0. The van der Waals surface area contributed by atoms with Crippen LogP contribution in [-0.2, 0) is 17.9 Å². The van der Waals surface area contributed by atoms with Gasteiger partial charge in [-0.25, -0.2) is 0 Å². The molecule has 5 aromatic rings. The number of carbonyl (C=O) groups is 2. The molecule has 0 radical (unpaired) electrons. The van der Waals surface area contributed by atoms with Crippen LogP contribution in [0.15, 0.2) is 179 Å². The second kappa shape index (κ2) is 15.2. The Balaban J connectivity index is 1.36. The van der Waals surface area contributed by atoms with Crippen LogP contribution in [0.3, 0.4) is 0 Å². The van der Waals surface area contributed by atoms with Gasteiger partial charge in [0.25, 0.3) is 0 Å². The summed E-state index contributed by atoms with van der Waals surface area (Å²) < 4.78 is 1.20. The molecule has 0 saturated heterocycles. The number of hydrogen-bond donors (Lipinski definition) is 1. The predicted molar refractivity (Wildman–Crippen MR) is 207 cm³/mol. The van der Waals surface area contributed by atoms with Gasteiger partial charge in [-0.3, -0.25) is 23.1 Å². The normalized spacial score (nSPS) is 15.8. The molecule has 0 spiro atoms. The Bertz CT molecular complexity index is 2440. The van der Waals surface area contributed by atoms with Gasteiger partial charge in [0, 0.05) is 5.56 Å². The quantitative estimate of drug-likeness (QED) is 0.0636. The second-order valence-electron chi connectivity index (χ2n) is 12.1. The van der Waals surface area contributed by atoms with Gasteiger partial charge >= 0.3 is 231 Å². The van der Waals surface area contributed by atoms with Crippen LogP contribution in [0.1, 0.15) is 54.4 Å². The van der Waals surface area contributed by atoms with E-state index in [0.717, 1.165) is 86.6 Å². The van der Waals surface area contributed by atoms with Crippen LogP contribution in [0.4, 0.5) is 0 Å². The monoisotopic (exact) mass is 722 g/mol. The summed E-state index contributed by atoms with van der Waals surface area (Å²) in [6, 6.07) is 39.0. The van der Waals surface area contributed by atoms with Crippen LogP contribution in [-0.4, -0.2) is 33.1 Å². The van der Waals surface area contributed by atoms with Crippen LogP contribution in [0, 0.1) is 6.58 Å². The zero-order valence-electron chi connectivity index (χ0n) is 28.1. The van der Waals surface area contributed by atoms with Crippen LogP contribution < -0.4 is 0 Å². The molecular weight excluding hydrogens is 694 g/mol. The molecule has 2 aliphatic heterocycles. The second-order valence-corrected chi connectivity index (χ2v) is 13.6. The number of nitrogens with zero attached hydrogens (tertiary/aromatic N) is 2. The Morgan fingerprint density at radius 1 is 0.577 bits per heavy atom. The van der Waals surface area contributed by atoms with Crippen molar-refractivity contribution in [2.45, 2.75) is 0 Å². The maximum atomic E-state index is 11.5. The Kier molecular flexibility index (Phi) is 9.96. The van der Waals surface area contributed by atoms with E-state index in [1.807, 2.05) is 103 Å². The van der Waals surface area contributed by atoms with Crippen molar-refractivity contribution in [2.75, 3.05) is 0 Å². The molecule has 2 aliphatic rings. The third-order valence-corrected chi connectivity index (χ3v) is 10.5. The number of benzene rings is 4. The van der Waals surface area contributed by atoms with E-state index in [9.17, 15) is 9.59 Å². The number of rotatable bonds is 11. The van der Waals surface area contributed by atoms with Crippen LogP contribution >= 0.6 is 0 Å². The summed E-state index contributed by atoms with van der Waals surface area (Å²) in [5.74, 6) is 0. The van der Waals surface area contributed by atoms with Crippen molar-refractivity contribution in [3.05, 3.63) is 226 Å². The molecule has 4 aromatic carbocycles. The zero-order chi connectivity index (χ0) is 36.0. The minimum Gasteiger partial charge on any atom is -0.298 e. The topological polar surface area (TPSA) is 98.4 Å². The van der Waals surface area contributed by atoms with Gasteiger partial charge in [-0.05, 0) is 5.56 Å². The van der Waals surface area contributed by atoms with Gasteiger partial charge in [0.15, 0.2) is 0 Å². The van der Waals surface area contributed by atoms with E-state index in [4.69, 9.17) is 22.3 Å². The number of hydrogen-bond acceptors (Lipinski definition) is 4. The molecule has 2 N–H and O–H groups in total. The van der Waals surface area contributed by atoms with Gasteiger partial charge in [-0.15, -0.1) is 0 Å². The molecular formula is C45H30N4O2Zn-2. The summed E-state index contributed by atoms with van der Waals surface area (Å²) in [4.78, 5) is 36.7. The molecule has 0 fully saturated rings. The molecule has 7 heteroatoms. The summed E-state index contributed by atoms with van der Waals surface area (Å²) in [7, 11) is 0. The molecule has 0 saturated carbocycles. The fourth-order valence-corrected chi connectivity index (χ4v) is 7.16. The van der Waals surface area contributed by atoms with Crippen molar-refractivity contribution in [3.8, 4) is 0 Å². The zero-order valence-corrected chi connectivity index (χ0v) is 31.1. The number of carbonyl (C=O) groups excluding carboxylic acids is 2. The first kappa shape index (κ1) is 34.0. The van der Waals surface area contributed by atoms with Gasteiger partial charge in [-0.1, -0.05) is 35.9 Å². The Labute approximate surface area is 311 Å². The van der Waals surface area contributed by atoms with E-state index in [1.54, 1.807) is 24.3 Å². The predicted octanol–water partition coefficient (Wildman–Crippen LogP) is 9.40. The molecule has 0 atom stereocenters. The first-order valence-corrected chi connectivity index (χ1v) is 18.1. The van der Waals surface area contributed by atoms with E-state index in [2.05, 4.69) is 23.2 Å². The van der Waals surface area contributed by atoms with E-state index < -0.39 is 0 Å². The number of H-pyrrole nitrogens is 1. The van der Waals surface area contributed by atoms with Crippen LogP contribution in [0.25, 0.3) is 22.5 Å². The Morgan fingerprint density at radius 3 is 1.56 bits per heavy atom. The fraction of sp³-hybridized carbons (Fsp3) is 0. The Morgan fingerprint density at radius 2 is 1.04 bits per heavy atom. The number of nitrogens with one attached hydrogen (secondary N) is 2. The smallest absolute Gasteiger partial charge is 0.298 e. The van der Waals surface area contributed by atoms with E-state index in [0.29, 0.717) is 28.1 Å². The molecule has 0 bridgehead atoms. The number of aldehydes is 2. The molecule has 246 valence electrons. The van der Waals surface area contributed by atoms with Crippen molar-refractivity contribution in [1.82, 2.24) is 4.98 Å². The molecule has 1 aromatic heterocycles. The first-order valence-electron chi connectivity index (χ1n) is 16.6. The summed E-state index contributed by atoms with van der Waals surface area (Å²) >= 11 is 0.951. The molecule has 0 aliphatic carbocycles. The van der Waals surface area contributed by atoms with Gasteiger partial charge in [0.1, 0.15) is 6.29 Å². The van der Waals surface area contributed by atoms with Gasteiger partial charge in [-0.2, -0.15) is 0 Å². The Hall–Kier alpha value is -6.43. The molecule has 0 amide bonds. The minimum absolute atomic E-state index is 0.121. The standard InChI is InChI=1S/C45H31N4O2.Zn/c1-2-37(46)43(34-17-13-31(28-50)14-18-34)38-23-24-40(48-38)44(33-11-7-4-8-12-33)41-25-26-42(49-41)45(35-19-15-32(29-51)16-20-35)39-22-21-36(47-39)27-30-9-5-3-6-10-30;/h1-26,28-29H,(H3,46,47,48,49,50,51);/q-1;/p-1. The maximum absolute atomic E-state index is 11.5. The summed E-state index contributed by atoms with van der Waals surface area (Å²) in [6.45, 7) is 5.85. The summed E-state index contributed by atoms with van der Waals surface area (Å²) in [6.07, 6.45) is 10.8. The molecule has 7 rings (SSSR count). The number of aliphatic imine (C=N–C) groups is 2. The number of aromatic amines is 1. The average molecular weight is 724 g/mol. The van der Waals surface area contributed by atoms with E-state index in [1.165, 1.54) is 10.2 Å². The van der Waals surface area contributed by atoms with Gasteiger partial charge < -0.3 is 5.73 Å². The summed E-state index contributed by atoms with van der Waals surface area (Å²) in [5.41, 5.74) is 20.8. The molecule has 3 heterocycles. The van der Waals surface area contributed by atoms with Crippen molar-refractivity contribution < 1.29 is 27.4 Å². The first-order chi connectivity index (χ1) is 25.5. The van der Waals surface area contributed by atoms with Crippen molar-refractivity contribution in [1.29, 1.82) is 0 Å². The average Bonchev–Trinajstić information content (AvgIpc) is 3.99. The SMILES string of the molecule is [CH-]=C/C([NH-])=C(C1=N/C(=C(/c2ccccc2)c2ccc(/C(=C3/C=CC([C](=[Zn])c4ccccc4)=N3)c3ccc(C=O)cc3)[nH]2)C=C1)\c1ccc(C=O)cc1. The van der Waals surface area contributed by atoms with E-state index in [-0.39, 0.29) is 5.70 Å². The number of aromatic nitrogens is 1. The molecule has 0 unspecified atom stereocenters. The van der Waals surface area contributed by atoms with Crippen molar-refractivity contribution in [3.63, 3.8) is 0 Å². The van der Waals surface area contributed by atoms with Crippen molar-refractivity contribution in [2.24, 2.45) is 9.98 Å². The third kappa shape index (κ3) is 6.95.